The van der Waals surface area contributed by atoms with Crippen molar-refractivity contribution in [1.82, 2.24) is 10.2 Å². The zero-order valence-electron chi connectivity index (χ0n) is 11.1. The van der Waals surface area contributed by atoms with Crippen LogP contribution in [0.4, 0.5) is 0 Å². The summed E-state index contributed by atoms with van der Waals surface area (Å²) in [6, 6.07) is -0.483. The molecule has 18 heavy (non-hydrogen) atoms. The Labute approximate surface area is 108 Å². The molecule has 2 saturated heterocycles. The second kappa shape index (κ2) is 5.26. The third-order valence-corrected chi connectivity index (χ3v) is 4.31. The maximum absolute atomic E-state index is 12.5. The van der Waals surface area contributed by atoms with Crippen LogP contribution < -0.4 is 5.32 Å². The van der Waals surface area contributed by atoms with Gasteiger partial charge >= 0.3 is 5.97 Å². The largest absolute Gasteiger partial charge is 0.480 e. The number of carbonyl (C=O) groups is 2. The zero-order valence-corrected chi connectivity index (χ0v) is 11.1. The average Bonchev–Trinajstić information content (AvgIpc) is 2.73. The van der Waals surface area contributed by atoms with E-state index in [2.05, 4.69) is 5.32 Å². The second-order valence-corrected chi connectivity index (χ2v) is 5.57. The topological polar surface area (TPSA) is 69.6 Å². The van der Waals surface area contributed by atoms with Crippen LogP contribution >= 0.6 is 0 Å². The quantitative estimate of drug-likeness (QED) is 0.761. The van der Waals surface area contributed by atoms with Gasteiger partial charge in [0, 0.05) is 12.6 Å². The maximum Gasteiger partial charge on any atom is 0.326 e. The number of nitrogens with one attached hydrogen (secondary N) is 1. The van der Waals surface area contributed by atoms with Crippen LogP contribution in [0.15, 0.2) is 0 Å². The number of nitrogens with zero attached hydrogens (tertiary/aromatic N) is 1. The van der Waals surface area contributed by atoms with Crippen molar-refractivity contribution in [2.45, 2.75) is 45.2 Å². The normalized spacial score (nSPS) is 36.7. The molecule has 0 aromatic rings. The van der Waals surface area contributed by atoms with Crippen LogP contribution in [0.25, 0.3) is 0 Å². The molecule has 4 atom stereocenters. The van der Waals surface area contributed by atoms with Gasteiger partial charge in [-0.25, -0.2) is 4.79 Å². The summed E-state index contributed by atoms with van der Waals surface area (Å²) in [4.78, 5) is 25.5. The SMILES string of the molecule is CC1CCCN(C(=O)C2CCNC2C)C1C(=O)O. The van der Waals surface area contributed by atoms with Crippen molar-refractivity contribution in [2.24, 2.45) is 11.8 Å². The number of aliphatic carboxylic acids is 1. The van der Waals surface area contributed by atoms with Gasteiger partial charge in [-0.05, 0) is 38.6 Å². The molecule has 0 spiro atoms. The van der Waals surface area contributed by atoms with Crippen molar-refractivity contribution >= 4 is 11.9 Å². The van der Waals surface area contributed by atoms with E-state index in [1.807, 2.05) is 13.8 Å². The van der Waals surface area contributed by atoms with Gasteiger partial charge < -0.3 is 15.3 Å². The molecule has 5 heteroatoms. The summed E-state index contributed by atoms with van der Waals surface area (Å²) in [6.07, 6.45) is 2.61. The second-order valence-electron chi connectivity index (χ2n) is 5.57. The highest BCUT2D eigenvalue weighted by molar-refractivity contribution is 5.86. The molecule has 1 amide bonds. The van der Waals surface area contributed by atoms with E-state index < -0.39 is 12.0 Å². The smallest absolute Gasteiger partial charge is 0.326 e. The first-order chi connectivity index (χ1) is 8.52. The summed E-state index contributed by atoms with van der Waals surface area (Å²) in [5.74, 6) is -0.859. The Morgan fingerprint density at radius 3 is 2.56 bits per heavy atom. The lowest BCUT2D eigenvalue weighted by atomic mass is 9.88. The molecule has 2 rings (SSSR count). The molecule has 2 aliphatic rings. The third-order valence-electron chi connectivity index (χ3n) is 4.31. The molecule has 0 saturated carbocycles. The number of amides is 1. The molecule has 2 heterocycles. The number of likely N-dealkylation sites (tertiary alicyclic amines) is 1. The van der Waals surface area contributed by atoms with Crippen molar-refractivity contribution in [2.75, 3.05) is 13.1 Å². The van der Waals surface area contributed by atoms with Crippen molar-refractivity contribution in [3.63, 3.8) is 0 Å². The fourth-order valence-corrected chi connectivity index (χ4v) is 3.22. The summed E-state index contributed by atoms with van der Waals surface area (Å²) >= 11 is 0. The highest BCUT2D eigenvalue weighted by Crippen LogP contribution is 2.27. The number of carboxylic acid groups (broad SMARTS) is 1. The predicted octanol–water partition coefficient (Wildman–Crippen LogP) is 0.696. The zero-order chi connectivity index (χ0) is 13.3. The number of rotatable bonds is 2. The van der Waals surface area contributed by atoms with Gasteiger partial charge in [-0.15, -0.1) is 0 Å². The van der Waals surface area contributed by atoms with Gasteiger partial charge in [-0.1, -0.05) is 6.92 Å². The van der Waals surface area contributed by atoms with E-state index >= 15 is 0 Å². The number of hydrogen-bond acceptors (Lipinski definition) is 3. The van der Waals surface area contributed by atoms with Gasteiger partial charge in [0.25, 0.3) is 0 Å². The molecular formula is C13H22N2O3. The van der Waals surface area contributed by atoms with Gasteiger partial charge in [-0.2, -0.15) is 0 Å². The molecule has 0 aromatic carbocycles. The minimum absolute atomic E-state index is 0.0199. The van der Waals surface area contributed by atoms with E-state index in [1.165, 1.54) is 0 Å². The third kappa shape index (κ3) is 2.36. The van der Waals surface area contributed by atoms with E-state index in [0.29, 0.717) is 6.54 Å². The van der Waals surface area contributed by atoms with Crippen LogP contribution in [0.2, 0.25) is 0 Å². The first-order valence-electron chi connectivity index (χ1n) is 6.79. The summed E-state index contributed by atoms with van der Waals surface area (Å²) in [5.41, 5.74) is 0. The van der Waals surface area contributed by atoms with Crippen molar-refractivity contribution < 1.29 is 14.7 Å². The molecule has 2 fully saturated rings. The van der Waals surface area contributed by atoms with Crippen LogP contribution in [0.1, 0.15) is 33.1 Å². The van der Waals surface area contributed by atoms with Gasteiger partial charge in [0.1, 0.15) is 6.04 Å². The highest BCUT2D eigenvalue weighted by atomic mass is 16.4. The fourth-order valence-electron chi connectivity index (χ4n) is 3.22. The van der Waals surface area contributed by atoms with Crippen molar-refractivity contribution in [1.29, 1.82) is 0 Å². The monoisotopic (exact) mass is 254 g/mol. The summed E-state index contributed by atoms with van der Waals surface area (Å²) in [7, 11) is 0. The summed E-state index contributed by atoms with van der Waals surface area (Å²) < 4.78 is 0. The first-order valence-corrected chi connectivity index (χ1v) is 6.79. The first kappa shape index (κ1) is 13.3. The lowest BCUT2D eigenvalue weighted by Crippen LogP contribution is -2.54. The van der Waals surface area contributed by atoms with E-state index in [9.17, 15) is 14.7 Å². The number of piperidine rings is 1. The maximum atomic E-state index is 12.5. The molecule has 4 unspecified atom stereocenters. The minimum atomic E-state index is -0.867. The number of hydrogen-bond donors (Lipinski definition) is 2. The van der Waals surface area contributed by atoms with Crippen LogP contribution in [-0.4, -0.2) is 47.1 Å². The Bertz CT molecular complexity index is 345. The average molecular weight is 254 g/mol. The van der Waals surface area contributed by atoms with Gasteiger partial charge in [0.2, 0.25) is 5.91 Å². The molecule has 0 bridgehead atoms. The molecule has 2 N–H and O–H groups in total. The lowest BCUT2D eigenvalue weighted by Gasteiger charge is -2.39. The molecule has 0 radical (unpaired) electrons. The van der Waals surface area contributed by atoms with Crippen LogP contribution in [0.5, 0.6) is 0 Å². The van der Waals surface area contributed by atoms with Crippen molar-refractivity contribution in [3.8, 4) is 0 Å². The number of carboxylic acids is 1. The molecule has 0 aromatic heterocycles. The number of carbonyl (C=O) groups excluding carboxylic acids is 1. The van der Waals surface area contributed by atoms with Crippen LogP contribution in [-0.2, 0) is 9.59 Å². The van der Waals surface area contributed by atoms with E-state index in [-0.39, 0.29) is 23.8 Å². The molecule has 0 aliphatic carbocycles. The Kier molecular flexibility index (Phi) is 3.90. The van der Waals surface area contributed by atoms with E-state index in [0.717, 1.165) is 25.8 Å². The van der Waals surface area contributed by atoms with Gasteiger partial charge in [0.05, 0.1) is 5.92 Å². The van der Waals surface area contributed by atoms with Gasteiger partial charge in [-0.3, -0.25) is 4.79 Å². The molecular weight excluding hydrogens is 232 g/mol. The predicted molar refractivity (Wildman–Crippen MR) is 67.1 cm³/mol. The Morgan fingerprint density at radius 1 is 1.28 bits per heavy atom. The van der Waals surface area contributed by atoms with Crippen LogP contribution in [0.3, 0.4) is 0 Å². The highest BCUT2D eigenvalue weighted by Gasteiger charge is 2.41. The standard InChI is InChI=1S/C13H22N2O3/c1-8-4-3-7-15(11(8)13(17)18)12(16)10-5-6-14-9(10)2/h8-11,14H,3-7H2,1-2H3,(H,17,18). The van der Waals surface area contributed by atoms with Crippen LogP contribution in [0, 0.1) is 11.8 Å². The summed E-state index contributed by atoms with van der Waals surface area (Å²) in [6.45, 7) is 5.36. The Morgan fingerprint density at radius 2 is 2.00 bits per heavy atom. The Balaban J connectivity index is 2.14. The Hall–Kier alpha value is -1.10. The van der Waals surface area contributed by atoms with E-state index in [1.54, 1.807) is 4.90 Å². The van der Waals surface area contributed by atoms with Gasteiger partial charge in [0.15, 0.2) is 0 Å². The minimum Gasteiger partial charge on any atom is -0.480 e. The summed E-state index contributed by atoms with van der Waals surface area (Å²) in [5, 5.41) is 12.6. The fraction of sp³-hybridized carbons (Fsp3) is 0.846. The molecule has 5 nitrogen and oxygen atoms in total. The van der Waals surface area contributed by atoms with Crippen molar-refractivity contribution in [3.05, 3.63) is 0 Å². The van der Waals surface area contributed by atoms with E-state index in [4.69, 9.17) is 0 Å². The molecule has 2 aliphatic heterocycles. The molecule has 102 valence electrons. The lowest BCUT2D eigenvalue weighted by molar-refractivity contribution is -0.156.